The summed E-state index contributed by atoms with van der Waals surface area (Å²) in [5, 5.41) is 0. The molecule has 0 aliphatic heterocycles. The molecule has 2 N–H and O–H groups in total. The largest absolute Gasteiger partial charge is 0.469 e. The molecule has 1 heterocycles. The number of nitrogens with two attached hydrogens (primary N) is 1. The summed E-state index contributed by atoms with van der Waals surface area (Å²) in [5.74, 6) is 0.980. The molecule has 2 rings (SSSR count). The van der Waals surface area contributed by atoms with Crippen LogP contribution in [0.3, 0.4) is 0 Å². The first-order chi connectivity index (χ1) is 7.72. The smallest absolute Gasteiger partial charge is 0.108 e. The van der Waals surface area contributed by atoms with E-state index >= 15 is 0 Å². The lowest BCUT2D eigenvalue weighted by Gasteiger charge is -2.12. The maximum atomic E-state index is 6.23. The first-order valence-electron chi connectivity index (χ1n) is 5.60. The van der Waals surface area contributed by atoms with Gasteiger partial charge >= 0.3 is 0 Å². The van der Waals surface area contributed by atoms with Crippen LogP contribution in [0.15, 0.2) is 41.0 Å². The van der Waals surface area contributed by atoms with E-state index in [1.807, 2.05) is 6.07 Å². The molecule has 0 fully saturated rings. The Bertz CT molecular complexity index is 456. The van der Waals surface area contributed by atoms with Crippen molar-refractivity contribution in [1.82, 2.24) is 0 Å². The predicted octanol–water partition coefficient (Wildman–Crippen LogP) is 3.20. The van der Waals surface area contributed by atoms with E-state index < -0.39 is 0 Å². The second-order valence-electron chi connectivity index (χ2n) is 4.04. The Balaban J connectivity index is 2.31. The lowest BCUT2D eigenvalue weighted by atomic mass is 9.98. The van der Waals surface area contributed by atoms with Crippen molar-refractivity contribution in [3.8, 4) is 0 Å². The van der Waals surface area contributed by atoms with Crippen LogP contribution in [0.4, 0.5) is 0 Å². The normalized spacial score (nSPS) is 12.7. The molecule has 2 nitrogen and oxygen atoms in total. The van der Waals surface area contributed by atoms with E-state index in [4.69, 9.17) is 10.2 Å². The van der Waals surface area contributed by atoms with Crippen molar-refractivity contribution in [1.29, 1.82) is 0 Å². The van der Waals surface area contributed by atoms with Gasteiger partial charge in [0.1, 0.15) is 5.76 Å². The van der Waals surface area contributed by atoms with E-state index in [0.717, 1.165) is 23.3 Å². The third-order valence-corrected chi connectivity index (χ3v) is 2.87. The van der Waals surface area contributed by atoms with Crippen LogP contribution in [0.2, 0.25) is 0 Å². The van der Waals surface area contributed by atoms with Crippen molar-refractivity contribution in [3.05, 3.63) is 59.0 Å². The summed E-state index contributed by atoms with van der Waals surface area (Å²) < 4.78 is 5.40. The summed E-state index contributed by atoms with van der Waals surface area (Å²) >= 11 is 0. The van der Waals surface area contributed by atoms with Gasteiger partial charge in [-0.25, -0.2) is 0 Å². The Labute approximate surface area is 96.1 Å². The van der Waals surface area contributed by atoms with Gasteiger partial charge in [0.25, 0.3) is 0 Å². The van der Waals surface area contributed by atoms with E-state index in [0.29, 0.717) is 0 Å². The van der Waals surface area contributed by atoms with Gasteiger partial charge in [0, 0.05) is 12.0 Å². The molecule has 0 aliphatic rings. The van der Waals surface area contributed by atoms with Crippen LogP contribution in [0, 0.1) is 6.92 Å². The summed E-state index contributed by atoms with van der Waals surface area (Å²) in [4.78, 5) is 0. The highest BCUT2D eigenvalue weighted by molar-refractivity contribution is 5.34. The van der Waals surface area contributed by atoms with Gasteiger partial charge in [-0.3, -0.25) is 0 Å². The third-order valence-electron chi connectivity index (χ3n) is 2.87. The van der Waals surface area contributed by atoms with Crippen LogP contribution in [-0.4, -0.2) is 0 Å². The number of rotatable bonds is 3. The average Bonchev–Trinajstić information content (AvgIpc) is 2.77. The standard InChI is InChI=1S/C14H17NO/c1-3-13-12(8-9-16-13)14(15)11-6-4-10(2)5-7-11/h4-9,14H,3,15H2,1-2H3. The molecule has 1 atom stereocenters. The minimum atomic E-state index is -0.0886. The van der Waals surface area contributed by atoms with Crippen molar-refractivity contribution in [3.63, 3.8) is 0 Å². The molecule has 0 amide bonds. The zero-order chi connectivity index (χ0) is 11.5. The zero-order valence-electron chi connectivity index (χ0n) is 9.73. The molecule has 2 aromatic rings. The van der Waals surface area contributed by atoms with Crippen molar-refractivity contribution in [2.45, 2.75) is 26.3 Å². The fourth-order valence-electron chi connectivity index (χ4n) is 1.87. The van der Waals surface area contributed by atoms with Gasteiger partial charge in [0.05, 0.1) is 12.3 Å². The fourth-order valence-corrected chi connectivity index (χ4v) is 1.87. The highest BCUT2D eigenvalue weighted by Gasteiger charge is 2.14. The summed E-state index contributed by atoms with van der Waals surface area (Å²) in [5.41, 5.74) is 9.69. The van der Waals surface area contributed by atoms with Crippen LogP contribution in [-0.2, 0) is 6.42 Å². The van der Waals surface area contributed by atoms with E-state index in [-0.39, 0.29) is 6.04 Å². The lowest BCUT2D eigenvalue weighted by molar-refractivity contribution is 0.509. The number of aryl methyl sites for hydroxylation is 2. The molecule has 1 aromatic heterocycles. The molecule has 2 heteroatoms. The SMILES string of the molecule is CCc1occc1C(N)c1ccc(C)cc1. The van der Waals surface area contributed by atoms with Crippen LogP contribution >= 0.6 is 0 Å². The first kappa shape index (κ1) is 11.0. The Morgan fingerprint density at radius 2 is 1.88 bits per heavy atom. The van der Waals surface area contributed by atoms with Gasteiger partial charge in [0.2, 0.25) is 0 Å². The van der Waals surface area contributed by atoms with Crippen molar-refractivity contribution in [2.24, 2.45) is 5.73 Å². The van der Waals surface area contributed by atoms with E-state index in [2.05, 4.69) is 38.1 Å². The van der Waals surface area contributed by atoms with Crippen LogP contribution < -0.4 is 5.73 Å². The second-order valence-corrected chi connectivity index (χ2v) is 4.04. The molecule has 0 saturated carbocycles. The van der Waals surface area contributed by atoms with Crippen LogP contribution in [0.25, 0.3) is 0 Å². The second kappa shape index (κ2) is 4.54. The van der Waals surface area contributed by atoms with Crippen molar-refractivity contribution in [2.75, 3.05) is 0 Å². The van der Waals surface area contributed by atoms with E-state index in [9.17, 15) is 0 Å². The summed E-state index contributed by atoms with van der Waals surface area (Å²) in [6.07, 6.45) is 2.59. The van der Waals surface area contributed by atoms with E-state index in [1.165, 1.54) is 5.56 Å². The first-order valence-corrected chi connectivity index (χ1v) is 5.60. The predicted molar refractivity (Wildman–Crippen MR) is 65.3 cm³/mol. The summed E-state index contributed by atoms with van der Waals surface area (Å²) in [6, 6.07) is 10.2. The number of hydrogen-bond donors (Lipinski definition) is 1. The molecule has 0 spiro atoms. The zero-order valence-corrected chi connectivity index (χ0v) is 9.73. The van der Waals surface area contributed by atoms with Gasteiger partial charge in [-0.05, 0) is 18.6 Å². The molecular weight excluding hydrogens is 198 g/mol. The maximum absolute atomic E-state index is 6.23. The average molecular weight is 215 g/mol. The topological polar surface area (TPSA) is 39.2 Å². The lowest BCUT2D eigenvalue weighted by Crippen LogP contribution is -2.12. The number of furan rings is 1. The maximum Gasteiger partial charge on any atom is 0.108 e. The van der Waals surface area contributed by atoms with E-state index in [1.54, 1.807) is 6.26 Å². The Morgan fingerprint density at radius 3 is 2.50 bits per heavy atom. The van der Waals surface area contributed by atoms with Gasteiger partial charge in [-0.1, -0.05) is 36.8 Å². The molecule has 84 valence electrons. The molecule has 0 aliphatic carbocycles. The summed E-state index contributed by atoms with van der Waals surface area (Å²) in [7, 11) is 0. The van der Waals surface area contributed by atoms with Crippen LogP contribution in [0.1, 0.15) is 35.4 Å². The minimum absolute atomic E-state index is 0.0886. The molecule has 0 saturated heterocycles. The monoisotopic (exact) mass is 215 g/mol. The molecule has 0 radical (unpaired) electrons. The molecular formula is C14H17NO. The molecule has 16 heavy (non-hydrogen) atoms. The third kappa shape index (κ3) is 2.02. The van der Waals surface area contributed by atoms with Crippen LogP contribution in [0.5, 0.6) is 0 Å². The number of benzene rings is 1. The van der Waals surface area contributed by atoms with Gasteiger partial charge in [0.15, 0.2) is 0 Å². The Morgan fingerprint density at radius 1 is 1.19 bits per heavy atom. The highest BCUT2D eigenvalue weighted by Crippen LogP contribution is 2.24. The fraction of sp³-hybridized carbons (Fsp3) is 0.286. The van der Waals surface area contributed by atoms with Crippen molar-refractivity contribution >= 4 is 0 Å². The minimum Gasteiger partial charge on any atom is -0.469 e. The van der Waals surface area contributed by atoms with Crippen molar-refractivity contribution < 1.29 is 4.42 Å². The summed E-state index contributed by atoms with van der Waals surface area (Å²) in [6.45, 7) is 4.15. The Hall–Kier alpha value is -1.54. The molecule has 1 unspecified atom stereocenters. The Kier molecular flexibility index (Phi) is 3.11. The van der Waals surface area contributed by atoms with Gasteiger partial charge < -0.3 is 10.2 Å². The molecule has 0 bridgehead atoms. The van der Waals surface area contributed by atoms with Gasteiger partial charge in [-0.15, -0.1) is 0 Å². The van der Waals surface area contributed by atoms with Gasteiger partial charge in [-0.2, -0.15) is 0 Å². The molecule has 1 aromatic carbocycles. The quantitative estimate of drug-likeness (QED) is 0.854. The highest BCUT2D eigenvalue weighted by atomic mass is 16.3. The number of hydrogen-bond acceptors (Lipinski definition) is 2.